The van der Waals surface area contributed by atoms with E-state index in [0.29, 0.717) is 17.3 Å². The Morgan fingerprint density at radius 3 is 2.68 bits per heavy atom. The number of aromatic nitrogens is 5. The highest BCUT2D eigenvalue weighted by Gasteiger charge is 2.29. The lowest BCUT2D eigenvalue weighted by atomic mass is 10.2. The van der Waals surface area contributed by atoms with Gasteiger partial charge in [-0.25, -0.2) is 18.4 Å². The van der Waals surface area contributed by atoms with Crippen LogP contribution in [-0.4, -0.2) is 30.5 Å². The van der Waals surface area contributed by atoms with Crippen molar-refractivity contribution in [2.24, 2.45) is 0 Å². The molecule has 4 rings (SSSR count). The highest BCUT2D eigenvalue weighted by Crippen LogP contribution is 2.40. The molecule has 3 aromatic rings. The van der Waals surface area contributed by atoms with E-state index in [1.165, 1.54) is 12.4 Å². The average molecular weight is 407 g/mol. The molecule has 1 saturated carbocycles. The second-order valence-corrected chi connectivity index (χ2v) is 7.10. The predicted octanol–water partition coefficient (Wildman–Crippen LogP) is 3.63. The van der Waals surface area contributed by atoms with Crippen molar-refractivity contribution in [1.82, 2.24) is 24.5 Å². The van der Waals surface area contributed by atoms with Gasteiger partial charge in [0.05, 0.1) is 12.2 Å². The highest BCUT2D eigenvalue weighted by atomic mass is 35.5. The van der Waals surface area contributed by atoms with Crippen molar-refractivity contribution >= 4 is 23.5 Å². The Morgan fingerprint density at radius 2 is 2.00 bits per heavy atom. The lowest BCUT2D eigenvalue weighted by molar-refractivity contribution is -0.117. The minimum absolute atomic E-state index is 0.104. The maximum absolute atomic E-state index is 13.2. The van der Waals surface area contributed by atoms with E-state index < -0.39 is 12.3 Å². The number of nitrogens with zero attached hydrogens (tertiary/aromatic N) is 5. The van der Waals surface area contributed by atoms with Gasteiger partial charge in [-0.1, -0.05) is 23.7 Å². The van der Waals surface area contributed by atoms with E-state index in [1.807, 2.05) is 12.1 Å². The fourth-order valence-corrected chi connectivity index (χ4v) is 2.96. The van der Waals surface area contributed by atoms with Crippen LogP contribution in [0, 0.1) is 0 Å². The quantitative estimate of drug-likeness (QED) is 0.650. The van der Waals surface area contributed by atoms with Crippen molar-refractivity contribution in [1.29, 1.82) is 0 Å². The van der Waals surface area contributed by atoms with Crippen LogP contribution < -0.4 is 5.32 Å². The fraction of sp³-hybridized carbons (Fsp3) is 0.333. The van der Waals surface area contributed by atoms with Crippen molar-refractivity contribution in [3.8, 4) is 0 Å². The van der Waals surface area contributed by atoms with E-state index in [4.69, 9.17) is 11.6 Å². The Balaban J connectivity index is 1.39. The van der Waals surface area contributed by atoms with Crippen LogP contribution in [0.25, 0.3) is 0 Å². The summed E-state index contributed by atoms with van der Waals surface area (Å²) in [5.74, 6) is -0.184. The van der Waals surface area contributed by atoms with Crippen molar-refractivity contribution in [3.63, 3.8) is 0 Å². The zero-order chi connectivity index (χ0) is 19.7. The average Bonchev–Trinajstić information content (AvgIpc) is 3.28. The number of nitrogens with one attached hydrogen (secondary N) is 1. The maximum atomic E-state index is 13.2. The van der Waals surface area contributed by atoms with Crippen LogP contribution in [0.2, 0.25) is 5.02 Å². The van der Waals surface area contributed by atoms with Gasteiger partial charge in [0, 0.05) is 10.9 Å². The summed E-state index contributed by atoms with van der Waals surface area (Å²) in [4.78, 5) is 16.3. The molecule has 0 atom stereocenters. The molecule has 0 saturated heterocycles. The summed E-state index contributed by atoms with van der Waals surface area (Å²) in [5.41, 5.74) is 1.34. The molecular formula is C18H17ClF2N6O. The summed E-state index contributed by atoms with van der Waals surface area (Å²) in [6.07, 6.45) is 0.680. The number of hydrogen-bond donors (Lipinski definition) is 1. The molecule has 1 aromatic carbocycles. The molecule has 0 radical (unpaired) electrons. The molecule has 2 aromatic heterocycles. The number of halogens is 3. The SMILES string of the molecule is O=C(Cn1nc(C2CC2)cc1C(F)F)Nc1ncn(Cc2ccc(Cl)cc2)n1. The largest absolute Gasteiger partial charge is 0.292 e. The van der Waals surface area contributed by atoms with Gasteiger partial charge in [0.25, 0.3) is 6.43 Å². The molecule has 146 valence electrons. The van der Waals surface area contributed by atoms with E-state index in [1.54, 1.807) is 16.8 Å². The number of alkyl halides is 2. The Hall–Kier alpha value is -2.81. The molecule has 0 bridgehead atoms. The van der Waals surface area contributed by atoms with Gasteiger partial charge in [-0.15, -0.1) is 5.10 Å². The van der Waals surface area contributed by atoms with Crippen LogP contribution in [0.15, 0.2) is 36.7 Å². The van der Waals surface area contributed by atoms with Gasteiger partial charge in [0.2, 0.25) is 11.9 Å². The van der Waals surface area contributed by atoms with Crippen LogP contribution in [0.1, 0.15) is 42.1 Å². The van der Waals surface area contributed by atoms with Crippen LogP contribution >= 0.6 is 11.6 Å². The van der Waals surface area contributed by atoms with Crippen molar-refractivity contribution in [2.75, 3.05) is 5.32 Å². The summed E-state index contributed by atoms with van der Waals surface area (Å²) in [6, 6.07) is 8.66. The maximum Gasteiger partial charge on any atom is 0.280 e. The third kappa shape index (κ3) is 4.36. The van der Waals surface area contributed by atoms with Crippen LogP contribution in [-0.2, 0) is 17.9 Å². The van der Waals surface area contributed by atoms with Gasteiger partial charge >= 0.3 is 0 Å². The molecule has 1 fully saturated rings. The monoisotopic (exact) mass is 406 g/mol. The van der Waals surface area contributed by atoms with E-state index in [-0.39, 0.29) is 24.1 Å². The molecule has 0 unspecified atom stereocenters. The molecule has 7 nitrogen and oxygen atoms in total. The van der Waals surface area contributed by atoms with E-state index in [0.717, 1.165) is 23.1 Å². The predicted molar refractivity (Wildman–Crippen MR) is 98.4 cm³/mol. The molecule has 1 N–H and O–H groups in total. The Labute approximate surface area is 164 Å². The normalized spacial score (nSPS) is 13.9. The lowest BCUT2D eigenvalue weighted by Gasteiger charge is -2.06. The number of hydrogen-bond acceptors (Lipinski definition) is 4. The molecule has 0 aliphatic heterocycles. The number of anilines is 1. The molecule has 1 amide bonds. The third-order valence-electron chi connectivity index (χ3n) is 4.39. The molecule has 2 heterocycles. The molecule has 1 aliphatic carbocycles. The lowest BCUT2D eigenvalue weighted by Crippen LogP contribution is -2.22. The van der Waals surface area contributed by atoms with Crippen molar-refractivity contribution in [2.45, 2.75) is 38.3 Å². The van der Waals surface area contributed by atoms with Gasteiger partial charge in [0.1, 0.15) is 18.6 Å². The third-order valence-corrected chi connectivity index (χ3v) is 4.64. The molecule has 1 aliphatic rings. The van der Waals surface area contributed by atoms with E-state index >= 15 is 0 Å². The number of carbonyl (C=O) groups is 1. The second-order valence-electron chi connectivity index (χ2n) is 6.67. The van der Waals surface area contributed by atoms with Crippen LogP contribution in [0.5, 0.6) is 0 Å². The van der Waals surface area contributed by atoms with Crippen LogP contribution in [0.3, 0.4) is 0 Å². The molecule has 28 heavy (non-hydrogen) atoms. The van der Waals surface area contributed by atoms with E-state index in [9.17, 15) is 13.6 Å². The first kappa shape index (κ1) is 18.5. The summed E-state index contributed by atoms with van der Waals surface area (Å²) in [6.45, 7) is 0.137. The first-order valence-electron chi connectivity index (χ1n) is 8.77. The Kier molecular flexibility index (Phi) is 5.08. The van der Waals surface area contributed by atoms with Gasteiger partial charge in [-0.2, -0.15) is 5.10 Å². The first-order valence-corrected chi connectivity index (χ1v) is 9.15. The number of amides is 1. The van der Waals surface area contributed by atoms with E-state index in [2.05, 4.69) is 20.5 Å². The summed E-state index contributed by atoms with van der Waals surface area (Å²) in [7, 11) is 0. The zero-order valence-electron chi connectivity index (χ0n) is 14.7. The number of rotatable bonds is 7. The smallest absolute Gasteiger partial charge is 0.280 e. The number of benzene rings is 1. The Bertz CT molecular complexity index is 980. The molecule has 0 spiro atoms. The van der Waals surface area contributed by atoms with Crippen molar-refractivity contribution < 1.29 is 13.6 Å². The highest BCUT2D eigenvalue weighted by molar-refractivity contribution is 6.30. The topological polar surface area (TPSA) is 77.6 Å². The number of carbonyl (C=O) groups excluding carboxylic acids is 1. The first-order chi connectivity index (χ1) is 13.5. The Morgan fingerprint density at radius 1 is 1.25 bits per heavy atom. The summed E-state index contributed by atoms with van der Waals surface area (Å²) in [5, 5.41) is 11.5. The molecule has 10 heteroatoms. The van der Waals surface area contributed by atoms with Gasteiger partial charge < -0.3 is 0 Å². The minimum atomic E-state index is -2.69. The van der Waals surface area contributed by atoms with Crippen LogP contribution in [0.4, 0.5) is 14.7 Å². The second kappa shape index (κ2) is 7.67. The fourth-order valence-electron chi connectivity index (χ4n) is 2.84. The summed E-state index contributed by atoms with van der Waals surface area (Å²) >= 11 is 5.86. The molecular weight excluding hydrogens is 390 g/mol. The van der Waals surface area contributed by atoms with Gasteiger partial charge in [-0.3, -0.25) is 14.8 Å². The van der Waals surface area contributed by atoms with Gasteiger partial charge in [-0.05, 0) is 36.6 Å². The zero-order valence-corrected chi connectivity index (χ0v) is 15.5. The van der Waals surface area contributed by atoms with Crippen molar-refractivity contribution in [3.05, 3.63) is 58.6 Å². The minimum Gasteiger partial charge on any atom is -0.292 e. The summed E-state index contributed by atoms with van der Waals surface area (Å²) < 4.78 is 29.0. The van der Waals surface area contributed by atoms with Gasteiger partial charge in [0.15, 0.2) is 0 Å². The standard InChI is InChI=1S/C18H17ClF2N6O/c19-13-5-1-11(2-6-13)8-26-10-22-18(25-26)23-16(28)9-27-15(17(20)21)7-14(24-27)12-3-4-12/h1-2,5-7,10,12,17H,3-4,8-9H2,(H,23,25,28).